The fourth-order valence-corrected chi connectivity index (χ4v) is 3.63. The lowest BCUT2D eigenvalue weighted by molar-refractivity contribution is -0.906. The van der Waals surface area contributed by atoms with Gasteiger partial charge in [0.15, 0.2) is 0 Å². The van der Waals surface area contributed by atoms with Gasteiger partial charge in [0.05, 0.1) is 33.4 Å². The van der Waals surface area contributed by atoms with Crippen molar-refractivity contribution in [1.29, 1.82) is 0 Å². The number of methoxy groups -OCH3 is 1. The van der Waals surface area contributed by atoms with Gasteiger partial charge in [0.25, 0.3) is 0 Å². The summed E-state index contributed by atoms with van der Waals surface area (Å²) >= 11 is 0. The molecule has 0 spiro atoms. The topological polar surface area (TPSA) is 69.1 Å². The van der Waals surface area contributed by atoms with Crippen LogP contribution in [0, 0.1) is 6.92 Å². The van der Waals surface area contributed by atoms with Gasteiger partial charge < -0.3 is 14.4 Å². The minimum Gasteiger partial charge on any atom is -0.495 e. The number of aryl methyl sites for hydroxylation is 1. The van der Waals surface area contributed by atoms with Crippen LogP contribution in [0.15, 0.2) is 23.1 Å². The molecule has 0 saturated carbocycles. The largest absolute Gasteiger partial charge is 0.495 e. The van der Waals surface area contributed by atoms with E-state index in [-0.39, 0.29) is 4.90 Å². The highest BCUT2D eigenvalue weighted by Crippen LogP contribution is 2.24. The molecule has 1 saturated heterocycles. The second kappa shape index (κ2) is 7.22. The van der Waals surface area contributed by atoms with E-state index in [4.69, 9.17) is 9.47 Å². The minimum atomic E-state index is -3.55. The average Bonchev–Trinajstić information content (AvgIpc) is 2.48. The third-order valence-electron chi connectivity index (χ3n) is 3.58. The first kappa shape index (κ1) is 16.2. The van der Waals surface area contributed by atoms with Gasteiger partial charge >= 0.3 is 0 Å². The predicted octanol–water partition coefficient (Wildman–Crippen LogP) is -0.803. The first-order valence-electron chi connectivity index (χ1n) is 7.08. The third-order valence-corrected chi connectivity index (χ3v) is 5.06. The van der Waals surface area contributed by atoms with Crippen LogP contribution in [0.3, 0.4) is 0 Å². The van der Waals surface area contributed by atoms with E-state index in [0.717, 1.165) is 38.4 Å². The fourth-order valence-electron chi connectivity index (χ4n) is 2.34. The molecule has 1 heterocycles. The van der Waals surface area contributed by atoms with Crippen molar-refractivity contribution in [2.24, 2.45) is 0 Å². The van der Waals surface area contributed by atoms with Gasteiger partial charge in [-0.05, 0) is 24.6 Å². The van der Waals surface area contributed by atoms with E-state index in [1.54, 1.807) is 12.1 Å². The zero-order valence-electron chi connectivity index (χ0n) is 12.5. The Labute approximate surface area is 126 Å². The number of hydrogen-bond donors (Lipinski definition) is 2. The predicted molar refractivity (Wildman–Crippen MR) is 79.3 cm³/mol. The monoisotopic (exact) mass is 315 g/mol. The molecule has 118 valence electrons. The molecule has 7 heteroatoms. The lowest BCUT2D eigenvalue weighted by Crippen LogP contribution is -3.14. The first-order chi connectivity index (χ1) is 10.0. The summed E-state index contributed by atoms with van der Waals surface area (Å²) < 4.78 is 37.8. The van der Waals surface area contributed by atoms with Crippen molar-refractivity contribution in [3.8, 4) is 5.75 Å². The molecule has 1 fully saturated rings. The molecule has 0 radical (unpaired) electrons. The summed E-state index contributed by atoms with van der Waals surface area (Å²) in [5.41, 5.74) is 0.884. The summed E-state index contributed by atoms with van der Waals surface area (Å²) in [6.07, 6.45) is 0. The van der Waals surface area contributed by atoms with Gasteiger partial charge in [0.2, 0.25) is 10.0 Å². The molecule has 0 amide bonds. The second-order valence-electron chi connectivity index (χ2n) is 5.16. The van der Waals surface area contributed by atoms with Gasteiger partial charge in [-0.3, -0.25) is 0 Å². The zero-order valence-corrected chi connectivity index (χ0v) is 13.3. The smallest absolute Gasteiger partial charge is 0.244 e. The van der Waals surface area contributed by atoms with Crippen molar-refractivity contribution < 1.29 is 22.8 Å². The van der Waals surface area contributed by atoms with Crippen molar-refractivity contribution in [3.05, 3.63) is 23.8 Å². The summed E-state index contributed by atoms with van der Waals surface area (Å²) in [4.78, 5) is 1.56. The van der Waals surface area contributed by atoms with E-state index in [0.29, 0.717) is 12.3 Å². The van der Waals surface area contributed by atoms with Gasteiger partial charge in [0, 0.05) is 0 Å². The Bertz CT molecular complexity index is 568. The van der Waals surface area contributed by atoms with Crippen LogP contribution in [-0.4, -0.2) is 54.9 Å². The van der Waals surface area contributed by atoms with Gasteiger partial charge in [-0.15, -0.1) is 0 Å². The molecule has 6 nitrogen and oxygen atoms in total. The molecule has 1 aromatic carbocycles. The Morgan fingerprint density at radius 2 is 2.05 bits per heavy atom. The molecule has 0 atom stereocenters. The summed E-state index contributed by atoms with van der Waals surface area (Å²) in [6, 6.07) is 5.13. The van der Waals surface area contributed by atoms with Gasteiger partial charge in [-0.2, -0.15) is 0 Å². The van der Waals surface area contributed by atoms with E-state index >= 15 is 0 Å². The standard InChI is InChI=1S/C14H22N2O4S/c1-12-3-4-13(19-2)14(11-12)21(17,18)15-5-6-16-7-9-20-10-8-16/h3-4,11,15H,5-10H2,1-2H3/p+1. The summed E-state index contributed by atoms with van der Waals surface area (Å²) in [6.45, 7) is 6.37. The second-order valence-corrected chi connectivity index (χ2v) is 6.90. The number of hydrogen-bond acceptors (Lipinski definition) is 4. The van der Waals surface area contributed by atoms with E-state index in [2.05, 4.69) is 4.72 Å². The zero-order chi connectivity index (χ0) is 15.3. The minimum absolute atomic E-state index is 0.196. The van der Waals surface area contributed by atoms with Crippen LogP contribution in [-0.2, 0) is 14.8 Å². The van der Waals surface area contributed by atoms with Gasteiger partial charge in [0.1, 0.15) is 23.7 Å². The summed E-state index contributed by atoms with van der Waals surface area (Å²) in [5.74, 6) is 0.367. The Morgan fingerprint density at radius 3 is 2.71 bits per heavy atom. The fraction of sp³-hybridized carbons (Fsp3) is 0.571. The number of ether oxygens (including phenoxy) is 2. The van der Waals surface area contributed by atoms with Crippen molar-refractivity contribution >= 4 is 10.0 Å². The lowest BCUT2D eigenvalue weighted by atomic mass is 10.2. The highest BCUT2D eigenvalue weighted by Gasteiger charge is 2.20. The SMILES string of the molecule is COc1ccc(C)cc1S(=O)(=O)NCC[NH+]1CCOCC1. The average molecular weight is 315 g/mol. The van der Waals surface area contributed by atoms with Crippen molar-refractivity contribution in [2.45, 2.75) is 11.8 Å². The maximum absolute atomic E-state index is 12.4. The Balaban J connectivity index is 1.99. The lowest BCUT2D eigenvalue weighted by Gasteiger charge is -2.23. The third kappa shape index (κ3) is 4.41. The van der Waals surface area contributed by atoms with Crippen LogP contribution in [0.1, 0.15) is 5.56 Å². The molecule has 2 N–H and O–H groups in total. The summed E-state index contributed by atoms with van der Waals surface area (Å²) in [5, 5.41) is 0. The quantitative estimate of drug-likeness (QED) is 0.721. The van der Waals surface area contributed by atoms with Crippen LogP contribution in [0.4, 0.5) is 0 Å². The molecular formula is C14H23N2O4S+. The van der Waals surface area contributed by atoms with Gasteiger partial charge in [-0.25, -0.2) is 13.1 Å². The van der Waals surface area contributed by atoms with Crippen molar-refractivity contribution in [3.63, 3.8) is 0 Å². The highest BCUT2D eigenvalue weighted by atomic mass is 32.2. The molecule has 1 aliphatic rings. The first-order valence-corrected chi connectivity index (χ1v) is 8.57. The Morgan fingerprint density at radius 1 is 1.33 bits per heavy atom. The molecule has 0 bridgehead atoms. The number of sulfonamides is 1. The van der Waals surface area contributed by atoms with Crippen LogP contribution in [0.5, 0.6) is 5.75 Å². The molecule has 0 aromatic heterocycles. The van der Waals surface area contributed by atoms with Crippen molar-refractivity contribution in [1.82, 2.24) is 4.72 Å². The Hall–Kier alpha value is -1.15. The molecule has 0 unspecified atom stereocenters. The normalized spacial score (nSPS) is 16.9. The molecule has 1 aliphatic heterocycles. The van der Waals surface area contributed by atoms with Gasteiger partial charge in [-0.1, -0.05) is 6.07 Å². The molecule has 2 rings (SSSR count). The van der Waals surface area contributed by atoms with E-state index in [9.17, 15) is 8.42 Å². The number of quaternary nitrogens is 1. The van der Waals surface area contributed by atoms with Crippen LogP contribution in [0.25, 0.3) is 0 Å². The van der Waals surface area contributed by atoms with Crippen LogP contribution >= 0.6 is 0 Å². The van der Waals surface area contributed by atoms with Crippen LogP contribution < -0.4 is 14.4 Å². The number of benzene rings is 1. The Kier molecular flexibility index (Phi) is 5.58. The maximum atomic E-state index is 12.4. The molecule has 21 heavy (non-hydrogen) atoms. The number of rotatable bonds is 6. The highest BCUT2D eigenvalue weighted by molar-refractivity contribution is 7.89. The number of morpholine rings is 1. The van der Waals surface area contributed by atoms with E-state index in [1.807, 2.05) is 13.0 Å². The van der Waals surface area contributed by atoms with Crippen molar-refractivity contribution in [2.75, 3.05) is 46.5 Å². The molecular weight excluding hydrogens is 292 g/mol. The van der Waals surface area contributed by atoms with E-state index in [1.165, 1.54) is 12.0 Å². The molecule has 1 aromatic rings. The summed E-state index contributed by atoms with van der Waals surface area (Å²) in [7, 11) is -2.07. The van der Waals surface area contributed by atoms with Crippen LogP contribution in [0.2, 0.25) is 0 Å². The maximum Gasteiger partial charge on any atom is 0.244 e. The van der Waals surface area contributed by atoms with E-state index < -0.39 is 10.0 Å². The molecule has 0 aliphatic carbocycles. The number of nitrogens with one attached hydrogen (secondary N) is 2.